The van der Waals surface area contributed by atoms with Gasteiger partial charge in [0.05, 0.1) is 0 Å². The summed E-state index contributed by atoms with van der Waals surface area (Å²) in [6.07, 6.45) is 2.62. The van der Waals surface area contributed by atoms with Crippen LogP contribution in [0.4, 0.5) is 0 Å². The molecule has 0 amide bonds. The zero-order valence-electron chi connectivity index (χ0n) is 11.6. The van der Waals surface area contributed by atoms with Gasteiger partial charge < -0.3 is 5.32 Å². The highest BCUT2D eigenvalue weighted by Gasteiger charge is 2.32. The van der Waals surface area contributed by atoms with E-state index in [4.69, 9.17) is 0 Å². The number of nitrogens with one attached hydrogen (secondary N) is 1. The average molecular weight is 294 g/mol. The Bertz CT molecular complexity index is 421. The van der Waals surface area contributed by atoms with Gasteiger partial charge in [-0.25, -0.2) is 0 Å². The predicted molar refractivity (Wildman–Crippen MR) is 87.4 cm³/mol. The number of benzene rings is 1. The van der Waals surface area contributed by atoms with Crippen LogP contribution in [-0.2, 0) is 0 Å². The van der Waals surface area contributed by atoms with E-state index in [1.807, 2.05) is 0 Å². The fourth-order valence-electron chi connectivity index (χ4n) is 3.18. The second-order valence-corrected chi connectivity index (χ2v) is 7.78. The number of hydrogen-bond donors (Lipinski definition) is 1. The first-order valence-corrected chi connectivity index (χ1v) is 9.55. The van der Waals surface area contributed by atoms with Crippen LogP contribution < -0.4 is 5.32 Å². The van der Waals surface area contributed by atoms with Gasteiger partial charge in [0, 0.05) is 22.4 Å². The maximum atomic E-state index is 3.75. The summed E-state index contributed by atoms with van der Waals surface area (Å²) in [4.78, 5) is 1.52. The lowest BCUT2D eigenvalue weighted by Crippen LogP contribution is -2.36. The molecule has 0 aliphatic carbocycles. The molecule has 1 aromatic rings. The number of rotatable bonds is 5. The molecule has 1 nitrogen and oxygen atoms in total. The molecule has 2 aliphatic rings. The Kier molecular flexibility index (Phi) is 4.78. The summed E-state index contributed by atoms with van der Waals surface area (Å²) < 4.78 is 0. The van der Waals surface area contributed by atoms with Crippen molar-refractivity contribution in [1.82, 2.24) is 5.32 Å². The zero-order valence-corrected chi connectivity index (χ0v) is 13.2. The average Bonchev–Trinajstić information content (AvgIpc) is 3.05. The van der Waals surface area contributed by atoms with Gasteiger partial charge in [-0.3, -0.25) is 0 Å². The van der Waals surface area contributed by atoms with Gasteiger partial charge in [-0.1, -0.05) is 25.1 Å². The Morgan fingerprint density at radius 2 is 2.11 bits per heavy atom. The van der Waals surface area contributed by atoms with Gasteiger partial charge in [-0.05, 0) is 48.6 Å². The van der Waals surface area contributed by atoms with Gasteiger partial charge in [0.2, 0.25) is 0 Å². The van der Waals surface area contributed by atoms with E-state index in [0.717, 1.165) is 17.9 Å². The molecule has 3 heteroatoms. The molecule has 3 unspecified atom stereocenters. The van der Waals surface area contributed by atoms with Gasteiger partial charge in [0.1, 0.15) is 0 Å². The maximum absolute atomic E-state index is 3.75. The van der Waals surface area contributed by atoms with Crippen LogP contribution in [0.2, 0.25) is 0 Å². The Balaban J connectivity index is 1.62. The van der Waals surface area contributed by atoms with Crippen molar-refractivity contribution in [2.24, 2.45) is 5.92 Å². The summed E-state index contributed by atoms with van der Waals surface area (Å²) in [5, 5.41) is 3.75. The van der Waals surface area contributed by atoms with Crippen LogP contribution >= 0.6 is 23.5 Å². The lowest BCUT2D eigenvalue weighted by molar-refractivity contribution is 0.386. The molecule has 0 saturated carbocycles. The molecule has 104 valence electrons. The predicted octanol–water partition coefficient (Wildman–Crippen LogP) is 4.00. The number of hydrogen-bond acceptors (Lipinski definition) is 3. The van der Waals surface area contributed by atoms with Crippen LogP contribution in [-0.4, -0.2) is 29.8 Å². The highest BCUT2D eigenvalue weighted by Crippen LogP contribution is 2.44. The fraction of sp³-hybridized carbons (Fsp3) is 0.625. The molecule has 2 aliphatic heterocycles. The quantitative estimate of drug-likeness (QED) is 0.881. The van der Waals surface area contributed by atoms with E-state index in [2.05, 4.69) is 60.0 Å². The highest BCUT2D eigenvalue weighted by molar-refractivity contribution is 7.99. The Morgan fingerprint density at radius 3 is 3.00 bits per heavy atom. The van der Waals surface area contributed by atoms with Crippen LogP contribution in [0.5, 0.6) is 0 Å². The first-order chi connectivity index (χ1) is 9.38. The van der Waals surface area contributed by atoms with Gasteiger partial charge in [0.25, 0.3) is 0 Å². The van der Waals surface area contributed by atoms with Gasteiger partial charge in [-0.2, -0.15) is 11.8 Å². The van der Waals surface area contributed by atoms with Crippen molar-refractivity contribution in [1.29, 1.82) is 0 Å². The summed E-state index contributed by atoms with van der Waals surface area (Å²) >= 11 is 4.19. The minimum absolute atomic E-state index is 0.753. The summed E-state index contributed by atoms with van der Waals surface area (Å²) in [6.45, 7) is 3.44. The van der Waals surface area contributed by atoms with E-state index < -0.39 is 0 Å². The first-order valence-electron chi connectivity index (χ1n) is 7.41. The van der Waals surface area contributed by atoms with E-state index in [1.54, 1.807) is 5.56 Å². The molecule has 0 aromatic heterocycles. The largest absolute Gasteiger partial charge is 0.313 e. The molecule has 2 heterocycles. The van der Waals surface area contributed by atoms with E-state index in [9.17, 15) is 0 Å². The smallest absolute Gasteiger partial charge is 0.0194 e. The van der Waals surface area contributed by atoms with Crippen molar-refractivity contribution in [3.63, 3.8) is 0 Å². The van der Waals surface area contributed by atoms with Crippen molar-refractivity contribution in [2.75, 3.05) is 23.8 Å². The summed E-state index contributed by atoms with van der Waals surface area (Å²) in [5.74, 6) is 5.61. The van der Waals surface area contributed by atoms with Crippen LogP contribution in [0.15, 0.2) is 29.2 Å². The maximum Gasteiger partial charge on any atom is 0.0194 e. The lowest BCUT2D eigenvalue weighted by Gasteiger charge is -2.23. The topological polar surface area (TPSA) is 12.0 Å². The number of thioether (sulfide) groups is 2. The van der Waals surface area contributed by atoms with Crippen molar-refractivity contribution < 1.29 is 0 Å². The van der Waals surface area contributed by atoms with Crippen LogP contribution in [0.25, 0.3) is 0 Å². The van der Waals surface area contributed by atoms with Crippen molar-refractivity contribution in [3.05, 3.63) is 29.8 Å². The molecule has 3 atom stereocenters. The monoisotopic (exact) mass is 293 g/mol. The molecular weight excluding hydrogens is 270 g/mol. The van der Waals surface area contributed by atoms with Gasteiger partial charge >= 0.3 is 0 Å². The molecular formula is C16H23NS2. The third-order valence-corrected chi connectivity index (χ3v) is 6.75. The molecule has 3 rings (SSSR count). The van der Waals surface area contributed by atoms with Gasteiger partial charge in [-0.15, -0.1) is 11.8 Å². The molecule has 1 fully saturated rings. The van der Waals surface area contributed by atoms with Crippen LogP contribution in [0, 0.1) is 5.92 Å². The second kappa shape index (κ2) is 6.55. The summed E-state index contributed by atoms with van der Waals surface area (Å²) in [5.41, 5.74) is 1.61. The molecule has 1 N–H and O–H groups in total. The third kappa shape index (κ3) is 3.14. The Morgan fingerprint density at radius 1 is 1.21 bits per heavy atom. The van der Waals surface area contributed by atoms with Crippen molar-refractivity contribution in [2.45, 2.75) is 36.6 Å². The highest BCUT2D eigenvalue weighted by atomic mass is 32.2. The lowest BCUT2D eigenvalue weighted by atomic mass is 9.88. The SMILES string of the molecule is CCCNC1CSCC1CC1CSc2ccccc21. The normalized spacial score (nSPS) is 29.6. The molecule has 0 radical (unpaired) electrons. The molecule has 1 saturated heterocycles. The Labute approximate surface area is 125 Å². The molecule has 0 spiro atoms. The van der Waals surface area contributed by atoms with E-state index >= 15 is 0 Å². The van der Waals surface area contributed by atoms with Crippen LogP contribution in [0.1, 0.15) is 31.2 Å². The second-order valence-electron chi connectivity index (χ2n) is 5.64. The zero-order chi connectivity index (χ0) is 13.1. The van der Waals surface area contributed by atoms with E-state index in [0.29, 0.717) is 0 Å². The van der Waals surface area contributed by atoms with Crippen molar-refractivity contribution >= 4 is 23.5 Å². The van der Waals surface area contributed by atoms with Gasteiger partial charge in [0.15, 0.2) is 0 Å². The minimum Gasteiger partial charge on any atom is -0.313 e. The van der Waals surface area contributed by atoms with E-state index in [-0.39, 0.29) is 0 Å². The minimum atomic E-state index is 0.753. The molecule has 1 aromatic carbocycles. The molecule has 0 bridgehead atoms. The van der Waals surface area contributed by atoms with Crippen LogP contribution in [0.3, 0.4) is 0 Å². The Hall–Kier alpha value is -0.120. The fourth-order valence-corrected chi connectivity index (χ4v) is 5.90. The summed E-state index contributed by atoms with van der Waals surface area (Å²) in [7, 11) is 0. The van der Waals surface area contributed by atoms with Crippen molar-refractivity contribution in [3.8, 4) is 0 Å². The summed E-state index contributed by atoms with van der Waals surface area (Å²) in [6, 6.07) is 9.76. The number of fused-ring (bicyclic) bond motifs is 1. The van der Waals surface area contributed by atoms with E-state index in [1.165, 1.54) is 41.5 Å². The standard InChI is InChI=1S/C16H23NS2/c1-2-7-17-15-11-18-9-13(15)8-12-10-19-16-6-4-3-5-14(12)16/h3-6,12-13,15,17H,2,7-11H2,1H3. The molecule has 19 heavy (non-hydrogen) atoms. The third-order valence-electron chi connectivity index (χ3n) is 4.24. The first kappa shape index (κ1) is 13.8.